The third-order valence-electron chi connectivity index (χ3n) is 10.6. The first-order chi connectivity index (χ1) is 26.0. The molecule has 0 amide bonds. The summed E-state index contributed by atoms with van der Waals surface area (Å²) in [7, 11) is 0. The van der Waals surface area contributed by atoms with Crippen LogP contribution in [0.5, 0.6) is 0 Å². The first-order valence-electron chi connectivity index (χ1n) is 23.5. The number of hydrogen-bond donors (Lipinski definition) is 0. The van der Waals surface area contributed by atoms with E-state index in [9.17, 15) is 14.4 Å². The number of ether oxygens (including phenoxy) is 3. The van der Waals surface area contributed by atoms with E-state index in [1.54, 1.807) is 0 Å². The molecule has 0 fully saturated rings. The molecule has 1 atom stereocenters. The second-order valence-corrected chi connectivity index (χ2v) is 16.0. The molecule has 0 bridgehead atoms. The zero-order valence-corrected chi connectivity index (χ0v) is 35.8. The normalized spacial score (nSPS) is 11.8. The van der Waals surface area contributed by atoms with E-state index >= 15 is 0 Å². The summed E-state index contributed by atoms with van der Waals surface area (Å²) in [5.74, 6) is -0.858. The third-order valence-corrected chi connectivity index (χ3v) is 10.6. The van der Waals surface area contributed by atoms with Crippen LogP contribution < -0.4 is 0 Å². The summed E-state index contributed by atoms with van der Waals surface area (Å²) in [5.41, 5.74) is 0. The quantitative estimate of drug-likeness (QED) is 0.0351. The van der Waals surface area contributed by atoms with Crippen LogP contribution in [0.4, 0.5) is 0 Å². The van der Waals surface area contributed by atoms with Gasteiger partial charge < -0.3 is 14.2 Å². The van der Waals surface area contributed by atoms with Crippen molar-refractivity contribution < 1.29 is 28.6 Å². The Bertz CT molecular complexity index is 783. The lowest BCUT2D eigenvalue weighted by Crippen LogP contribution is -2.30. The molecule has 0 aliphatic rings. The van der Waals surface area contributed by atoms with Crippen molar-refractivity contribution in [3.05, 3.63) is 0 Å². The van der Waals surface area contributed by atoms with Crippen LogP contribution in [0.3, 0.4) is 0 Å². The molecule has 314 valence electrons. The van der Waals surface area contributed by atoms with Crippen LogP contribution in [0.15, 0.2) is 0 Å². The van der Waals surface area contributed by atoms with Crippen molar-refractivity contribution in [2.75, 3.05) is 13.2 Å². The van der Waals surface area contributed by atoms with Crippen LogP contribution >= 0.6 is 0 Å². The monoisotopic (exact) mass is 751 g/mol. The molecule has 0 aromatic carbocycles. The zero-order chi connectivity index (χ0) is 38.7. The summed E-state index contributed by atoms with van der Waals surface area (Å²) in [6.45, 7) is 6.61. The standard InChI is InChI=1S/C47H90O6/c1-4-7-10-13-16-18-20-21-22-23-24-25-26-27-29-32-35-38-41-47(50)53-44(42-51-45(48)39-36-33-30-15-12-9-6-3)43-52-46(49)40-37-34-31-28-19-17-14-11-8-5-2/h44H,4-43H2,1-3H3/t44-/m1/s1. The molecule has 0 aliphatic carbocycles. The Kier molecular flexibility index (Phi) is 41.8. The first-order valence-corrected chi connectivity index (χ1v) is 23.5. The average molecular weight is 751 g/mol. The molecule has 53 heavy (non-hydrogen) atoms. The number of rotatable bonds is 43. The Morgan fingerprint density at radius 2 is 0.509 bits per heavy atom. The molecule has 0 unspecified atom stereocenters. The fourth-order valence-electron chi connectivity index (χ4n) is 7.03. The van der Waals surface area contributed by atoms with Crippen LogP contribution in [-0.2, 0) is 28.6 Å². The highest BCUT2D eigenvalue weighted by atomic mass is 16.6. The van der Waals surface area contributed by atoms with Crippen LogP contribution in [-0.4, -0.2) is 37.2 Å². The van der Waals surface area contributed by atoms with Crippen LogP contribution in [0, 0.1) is 0 Å². The number of carbonyl (C=O) groups is 3. The van der Waals surface area contributed by atoms with Gasteiger partial charge in [0.15, 0.2) is 6.10 Å². The average Bonchev–Trinajstić information content (AvgIpc) is 3.15. The Balaban J connectivity index is 4.19. The maximum atomic E-state index is 12.7. The minimum absolute atomic E-state index is 0.0633. The highest BCUT2D eigenvalue weighted by Gasteiger charge is 2.19. The molecule has 6 nitrogen and oxygen atoms in total. The highest BCUT2D eigenvalue weighted by molar-refractivity contribution is 5.71. The number of hydrogen-bond acceptors (Lipinski definition) is 6. The van der Waals surface area contributed by atoms with E-state index in [0.717, 1.165) is 57.8 Å². The largest absolute Gasteiger partial charge is 0.462 e. The molecule has 0 aromatic heterocycles. The summed E-state index contributed by atoms with van der Waals surface area (Å²) in [6.07, 6.45) is 43.9. The molecule has 0 saturated heterocycles. The summed E-state index contributed by atoms with van der Waals surface area (Å²) >= 11 is 0. The fraction of sp³-hybridized carbons (Fsp3) is 0.936. The van der Waals surface area contributed by atoms with E-state index in [4.69, 9.17) is 14.2 Å². The van der Waals surface area contributed by atoms with Crippen molar-refractivity contribution in [1.29, 1.82) is 0 Å². The highest BCUT2D eigenvalue weighted by Crippen LogP contribution is 2.16. The molecule has 0 rings (SSSR count). The summed E-state index contributed by atoms with van der Waals surface area (Å²) < 4.78 is 16.7. The van der Waals surface area contributed by atoms with E-state index < -0.39 is 6.10 Å². The Morgan fingerprint density at radius 3 is 0.755 bits per heavy atom. The Morgan fingerprint density at radius 1 is 0.302 bits per heavy atom. The topological polar surface area (TPSA) is 78.9 Å². The van der Waals surface area contributed by atoms with Gasteiger partial charge in [-0.3, -0.25) is 14.4 Å². The SMILES string of the molecule is CCCCCCCCCCCCCCCCCCCCC(=O)O[C@H](COC(=O)CCCCCCCCC)COC(=O)CCCCCCCCCCCC. The number of esters is 3. The van der Waals surface area contributed by atoms with Crippen LogP contribution in [0.2, 0.25) is 0 Å². The Labute approximate surface area is 329 Å². The van der Waals surface area contributed by atoms with E-state index in [2.05, 4.69) is 20.8 Å². The first kappa shape index (κ1) is 51.4. The lowest BCUT2D eigenvalue weighted by molar-refractivity contribution is -0.167. The molecule has 0 N–H and O–H groups in total. The smallest absolute Gasteiger partial charge is 0.306 e. The van der Waals surface area contributed by atoms with E-state index in [1.807, 2.05) is 0 Å². The van der Waals surface area contributed by atoms with Crippen molar-refractivity contribution in [2.45, 2.75) is 271 Å². The van der Waals surface area contributed by atoms with Gasteiger partial charge in [0.05, 0.1) is 0 Å². The second kappa shape index (κ2) is 43.1. The molecule has 0 spiro atoms. The second-order valence-electron chi connectivity index (χ2n) is 16.0. The van der Waals surface area contributed by atoms with Gasteiger partial charge in [-0.1, -0.05) is 226 Å². The van der Waals surface area contributed by atoms with Gasteiger partial charge in [0.1, 0.15) is 13.2 Å². The maximum Gasteiger partial charge on any atom is 0.306 e. The van der Waals surface area contributed by atoms with Crippen molar-refractivity contribution in [2.24, 2.45) is 0 Å². The molecule has 6 heteroatoms. The van der Waals surface area contributed by atoms with Gasteiger partial charge in [0.2, 0.25) is 0 Å². The van der Waals surface area contributed by atoms with Crippen LogP contribution in [0.25, 0.3) is 0 Å². The van der Waals surface area contributed by atoms with Crippen molar-refractivity contribution in [1.82, 2.24) is 0 Å². The molecular weight excluding hydrogens is 661 g/mol. The number of unbranched alkanes of at least 4 members (excludes halogenated alkanes) is 32. The molecule has 0 heterocycles. The molecule has 0 radical (unpaired) electrons. The van der Waals surface area contributed by atoms with Gasteiger partial charge in [-0.2, -0.15) is 0 Å². The van der Waals surface area contributed by atoms with Crippen LogP contribution in [0.1, 0.15) is 265 Å². The Hall–Kier alpha value is -1.59. The van der Waals surface area contributed by atoms with Crippen molar-refractivity contribution in [3.8, 4) is 0 Å². The van der Waals surface area contributed by atoms with E-state index in [0.29, 0.717) is 19.3 Å². The predicted molar refractivity (Wildman–Crippen MR) is 224 cm³/mol. The minimum atomic E-state index is -0.757. The molecule has 0 saturated carbocycles. The number of carbonyl (C=O) groups excluding carboxylic acids is 3. The van der Waals surface area contributed by atoms with E-state index in [-0.39, 0.29) is 31.1 Å². The van der Waals surface area contributed by atoms with Crippen molar-refractivity contribution in [3.63, 3.8) is 0 Å². The summed E-state index contributed by atoms with van der Waals surface area (Å²) in [4.78, 5) is 37.6. The third kappa shape index (κ3) is 41.4. The van der Waals surface area contributed by atoms with Gasteiger partial charge in [-0.05, 0) is 19.3 Å². The lowest BCUT2D eigenvalue weighted by Gasteiger charge is -2.18. The van der Waals surface area contributed by atoms with E-state index in [1.165, 1.54) is 167 Å². The zero-order valence-electron chi connectivity index (χ0n) is 35.8. The predicted octanol–water partition coefficient (Wildman–Crippen LogP) is 14.9. The molecular formula is C47H90O6. The maximum absolute atomic E-state index is 12.7. The lowest BCUT2D eigenvalue weighted by atomic mass is 10.0. The van der Waals surface area contributed by atoms with Gasteiger partial charge in [0.25, 0.3) is 0 Å². The summed E-state index contributed by atoms with van der Waals surface area (Å²) in [5, 5.41) is 0. The van der Waals surface area contributed by atoms with Gasteiger partial charge in [0, 0.05) is 19.3 Å². The van der Waals surface area contributed by atoms with Gasteiger partial charge in [-0.25, -0.2) is 0 Å². The van der Waals surface area contributed by atoms with Gasteiger partial charge >= 0.3 is 17.9 Å². The molecule has 0 aliphatic heterocycles. The fourth-order valence-corrected chi connectivity index (χ4v) is 7.03. The van der Waals surface area contributed by atoms with Crippen molar-refractivity contribution >= 4 is 17.9 Å². The summed E-state index contributed by atoms with van der Waals surface area (Å²) in [6, 6.07) is 0. The van der Waals surface area contributed by atoms with Gasteiger partial charge in [-0.15, -0.1) is 0 Å². The molecule has 0 aromatic rings. The minimum Gasteiger partial charge on any atom is -0.462 e.